The molecule has 0 spiro atoms. The lowest BCUT2D eigenvalue weighted by molar-refractivity contribution is 0.250. The Morgan fingerprint density at radius 1 is 1.00 bits per heavy atom. The molecule has 0 atom stereocenters. The molecule has 0 amide bonds. The highest BCUT2D eigenvalue weighted by atomic mass is 19.1. The Bertz CT molecular complexity index is 573. The standard InChI is InChI=1S/C24H34FN/c1-2-6-20-11-13-21(14-12-20)7-3-4-8-22-15-17-23(18-16-22)9-5-10-24(25)19-26/h10-14,22-23H,2-9,15-18H2,1H3/b24-10-/t22-,23-. The maximum absolute atomic E-state index is 12.8. The summed E-state index contributed by atoms with van der Waals surface area (Å²) in [5.74, 6) is 0.999. The van der Waals surface area contributed by atoms with E-state index in [0.29, 0.717) is 6.42 Å². The van der Waals surface area contributed by atoms with E-state index in [1.807, 2.05) is 0 Å². The molecule has 2 rings (SSSR count). The molecular weight excluding hydrogens is 321 g/mol. The van der Waals surface area contributed by atoms with E-state index in [4.69, 9.17) is 5.26 Å². The molecule has 1 aromatic rings. The van der Waals surface area contributed by atoms with Crippen LogP contribution in [0.15, 0.2) is 36.2 Å². The number of rotatable bonds is 10. The third kappa shape index (κ3) is 7.73. The first-order valence-electron chi connectivity index (χ1n) is 10.5. The summed E-state index contributed by atoms with van der Waals surface area (Å²) in [5.41, 5.74) is 2.94. The average Bonchev–Trinajstić information content (AvgIpc) is 2.67. The molecule has 0 N–H and O–H groups in total. The maximum atomic E-state index is 12.8. The molecule has 0 unspecified atom stereocenters. The van der Waals surface area contributed by atoms with Crippen LogP contribution in [-0.2, 0) is 12.8 Å². The van der Waals surface area contributed by atoms with Crippen LogP contribution in [0.2, 0.25) is 0 Å². The van der Waals surface area contributed by atoms with Crippen LogP contribution in [0.4, 0.5) is 4.39 Å². The summed E-state index contributed by atoms with van der Waals surface area (Å²) in [7, 11) is 0. The first kappa shape index (κ1) is 20.7. The van der Waals surface area contributed by atoms with Crippen molar-refractivity contribution >= 4 is 0 Å². The molecule has 2 heteroatoms. The van der Waals surface area contributed by atoms with Crippen LogP contribution in [-0.4, -0.2) is 0 Å². The third-order valence-corrected chi connectivity index (χ3v) is 5.86. The van der Waals surface area contributed by atoms with E-state index in [-0.39, 0.29) is 0 Å². The van der Waals surface area contributed by atoms with Crippen LogP contribution in [0.1, 0.15) is 82.3 Å². The fraction of sp³-hybridized carbons (Fsp3) is 0.625. The van der Waals surface area contributed by atoms with Crippen molar-refractivity contribution in [1.29, 1.82) is 5.26 Å². The van der Waals surface area contributed by atoms with Gasteiger partial charge in [0.05, 0.1) is 0 Å². The monoisotopic (exact) mass is 355 g/mol. The lowest BCUT2D eigenvalue weighted by Crippen LogP contribution is -2.14. The molecule has 1 saturated carbocycles. The Morgan fingerprint density at radius 3 is 2.15 bits per heavy atom. The van der Waals surface area contributed by atoms with Gasteiger partial charge in [-0.25, -0.2) is 0 Å². The van der Waals surface area contributed by atoms with E-state index < -0.39 is 5.83 Å². The highest BCUT2D eigenvalue weighted by Gasteiger charge is 2.20. The fourth-order valence-corrected chi connectivity index (χ4v) is 4.22. The van der Waals surface area contributed by atoms with E-state index in [0.717, 1.165) is 18.3 Å². The highest BCUT2D eigenvalue weighted by Crippen LogP contribution is 2.34. The van der Waals surface area contributed by atoms with Gasteiger partial charge in [0, 0.05) is 0 Å². The summed E-state index contributed by atoms with van der Waals surface area (Å²) in [5, 5.41) is 8.42. The lowest BCUT2D eigenvalue weighted by atomic mass is 9.78. The number of allylic oxidation sites excluding steroid dienone is 2. The minimum atomic E-state index is -0.626. The Kier molecular flexibility index (Phi) is 9.46. The molecule has 1 fully saturated rings. The van der Waals surface area contributed by atoms with Crippen molar-refractivity contribution in [2.24, 2.45) is 11.8 Å². The van der Waals surface area contributed by atoms with Crippen LogP contribution in [0, 0.1) is 23.2 Å². The predicted molar refractivity (Wildman–Crippen MR) is 107 cm³/mol. The molecule has 0 aromatic heterocycles. The topological polar surface area (TPSA) is 23.8 Å². The molecule has 0 aliphatic heterocycles. The van der Waals surface area contributed by atoms with Gasteiger partial charge in [-0.05, 0) is 61.1 Å². The van der Waals surface area contributed by atoms with Gasteiger partial charge in [-0.1, -0.05) is 76.1 Å². The largest absolute Gasteiger partial charge is 0.196 e. The van der Waals surface area contributed by atoms with Gasteiger partial charge in [0.25, 0.3) is 0 Å². The number of halogens is 1. The molecule has 1 aliphatic carbocycles. The Hall–Kier alpha value is -1.62. The van der Waals surface area contributed by atoms with Crippen molar-refractivity contribution in [3.8, 4) is 6.07 Å². The summed E-state index contributed by atoms with van der Waals surface area (Å²) >= 11 is 0. The Morgan fingerprint density at radius 2 is 1.58 bits per heavy atom. The second kappa shape index (κ2) is 11.9. The van der Waals surface area contributed by atoms with Crippen molar-refractivity contribution in [3.05, 3.63) is 47.3 Å². The van der Waals surface area contributed by atoms with Crippen molar-refractivity contribution in [2.45, 2.75) is 84.0 Å². The highest BCUT2D eigenvalue weighted by molar-refractivity contribution is 5.22. The lowest BCUT2D eigenvalue weighted by Gasteiger charge is -2.28. The predicted octanol–water partition coefficient (Wildman–Crippen LogP) is 7.32. The SMILES string of the molecule is CCCc1ccc(CCCC[C@H]2CC[C@H](CC/C=C(\F)C#N)CC2)cc1. The third-order valence-electron chi connectivity index (χ3n) is 5.86. The summed E-state index contributed by atoms with van der Waals surface area (Å²) in [6.07, 6.45) is 16.0. The van der Waals surface area contributed by atoms with Crippen molar-refractivity contribution in [3.63, 3.8) is 0 Å². The minimum Gasteiger partial charge on any atom is -0.195 e. The molecule has 26 heavy (non-hydrogen) atoms. The Balaban J connectivity index is 1.55. The van der Waals surface area contributed by atoms with E-state index in [1.54, 1.807) is 6.07 Å². The summed E-state index contributed by atoms with van der Waals surface area (Å²) in [6, 6.07) is 10.7. The molecule has 142 valence electrons. The molecule has 1 nitrogen and oxygen atoms in total. The summed E-state index contributed by atoms with van der Waals surface area (Å²) in [6.45, 7) is 2.23. The van der Waals surface area contributed by atoms with Gasteiger partial charge in [-0.15, -0.1) is 0 Å². The van der Waals surface area contributed by atoms with Crippen LogP contribution in [0.5, 0.6) is 0 Å². The minimum absolute atomic E-state index is 0.626. The zero-order valence-corrected chi connectivity index (χ0v) is 16.4. The van der Waals surface area contributed by atoms with E-state index in [9.17, 15) is 4.39 Å². The van der Waals surface area contributed by atoms with Crippen LogP contribution in [0.25, 0.3) is 0 Å². The second-order valence-electron chi connectivity index (χ2n) is 7.94. The Labute approximate surface area is 159 Å². The van der Waals surface area contributed by atoms with Gasteiger partial charge in [0.1, 0.15) is 6.07 Å². The molecule has 0 bridgehead atoms. The van der Waals surface area contributed by atoms with Crippen LogP contribution in [0.3, 0.4) is 0 Å². The molecule has 1 aromatic carbocycles. The van der Waals surface area contributed by atoms with Gasteiger partial charge in [0.15, 0.2) is 5.83 Å². The number of nitrogens with zero attached hydrogens (tertiary/aromatic N) is 1. The van der Waals surface area contributed by atoms with E-state index >= 15 is 0 Å². The normalized spacial score (nSPS) is 20.7. The molecular formula is C24H34FN. The van der Waals surface area contributed by atoms with Gasteiger partial charge in [-0.2, -0.15) is 9.65 Å². The van der Waals surface area contributed by atoms with Gasteiger partial charge < -0.3 is 0 Å². The first-order valence-corrected chi connectivity index (χ1v) is 10.5. The van der Waals surface area contributed by atoms with Crippen LogP contribution < -0.4 is 0 Å². The number of nitriles is 1. The van der Waals surface area contributed by atoms with E-state index in [2.05, 4.69) is 31.2 Å². The molecule has 0 radical (unpaired) electrons. The number of hydrogen-bond acceptors (Lipinski definition) is 1. The maximum Gasteiger partial charge on any atom is 0.196 e. The smallest absolute Gasteiger partial charge is 0.195 e. The fourth-order valence-electron chi connectivity index (χ4n) is 4.22. The molecule has 0 saturated heterocycles. The van der Waals surface area contributed by atoms with Gasteiger partial charge in [-0.3, -0.25) is 0 Å². The zero-order valence-electron chi connectivity index (χ0n) is 16.4. The first-order chi connectivity index (χ1) is 12.7. The second-order valence-corrected chi connectivity index (χ2v) is 7.94. The van der Waals surface area contributed by atoms with Gasteiger partial charge in [0.2, 0.25) is 0 Å². The number of benzene rings is 1. The van der Waals surface area contributed by atoms with Gasteiger partial charge >= 0.3 is 0 Å². The average molecular weight is 356 g/mol. The molecule has 0 heterocycles. The number of aryl methyl sites for hydroxylation is 2. The number of hydrogen-bond donors (Lipinski definition) is 0. The van der Waals surface area contributed by atoms with Crippen molar-refractivity contribution in [2.75, 3.05) is 0 Å². The van der Waals surface area contributed by atoms with E-state index in [1.165, 1.54) is 81.4 Å². The van der Waals surface area contributed by atoms with Crippen molar-refractivity contribution < 1.29 is 4.39 Å². The summed E-state index contributed by atoms with van der Waals surface area (Å²) < 4.78 is 12.8. The number of unbranched alkanes of at least 4 members (excludes halogenated alkanes) is 1. The van der Waals surface area contributed by atoms with Crippen LogP contribution >= 0.6 is 0 Å². The molecule has 1 aliphatic rings. The quantitative estimate of drug-likeness (QED) is 0.319. The summed E-state index contributed by atoms with van der Waals surface area (Å²) in [4.78, 5) is 0. The zero-order chi connectivity index (χ0) is 18.6. The van der Waals surface area contributed by atoms with Crippen molar-refractivity contribution in [1.82, 2.24) is 0 Å².